The summed E-state index contributed by atoms with van der Waals surface area (Å²) in [5, 5.41) is 1.23. The first kappa shape index (κ1) is 22.7. The van der Waals surface area contributed by atoms with Crippen LogP contribution >= 0.6 is 23.2 Å². The van der Waals surface area contributed by atoms with E-state index in [2.05, 4.69) is 62.4 Å². The van der Waals surface area contributed by atoms with E-state index in [1.54, 1.807) is 12.3 Å². The van der Waals surface area contributed by atoms with Gasteiger partial charge in [0.2, 0.25) is 0 Å². The summed E-state index contributed by atoms with van der Waals surface area (Å²) in [7, 11) is 0. The maximum atomic E-state index is 6.32. The Labute approximate surface area is 190 Å². The summed E-state index contributed by atoms with van der Waals surface area (Å²) in [6, 6.07) is 12.0. The van der Waals surface area contributed by atoms with Gasteiger partial charge in [-0.05, 0) is 47.1 Å². The van der Waals surface area contributed by atoms with Crippen molar-refractivity contribution in [2.75, 3.05) is 0 Å². The third-order valence-corrected chi connectivity index (χ3v) is 5.71. The minimum absolute atomic E-state index is 0.0555. The van der Waals surface area contributed by atoms with Gasteiger partial charge >= 0.3 is 0 Å². The molecule has 0 atom stereocenters. The normalized spacial score (nSPS) is 12.2. The quantitative estimate of drug-likeness (QED) is 0.376. The molecule has 0 amide bonds. The summed E-state index contributed by atoms with van der Waals surface area (Å²) in [5.41, 5.74) is 3.64. The zero-order valence-corrected chi connectivity index (χ0v) is 19.9. The third kappa shape index (κ3) is 6.02. The average molecular weight is 445 g/mol. The fraction of sp³-hybridized carbons (Fsp3) is 0.400. The largest absolute Gasteiger partial charge is 0.488 e. The van der Waals surface area contributed by atoms with Gasteiger partial charge in [-0.1, -0.05) is 70.0 Å². The van der Waals surface area contributed by atoms with Gasteiger partial charge in [-0.25, -0.2) is 4.98 Å². The Hall–Kier alpha value is -1.97. The molecule has 3 rings (SSSR count). The van der Waals surface area contributed by atoms with E-state index in [4.69, 9.17) is 27.9 Å². The molecule has 0 spiro atoms. The lowest BCUT2D eigenvalue weighted by Gasteiger charge is -2.33. The second-order valence-electron chi connectivity index (χ2n) is 9.70. The van der Waals surface area contributed by atoms with E-state index in [9.17, 15) is 0 Å². The number of imidazole rings is 1. The molecule has 0 N–H and O–H groups in total. The van der Waals surface area contributed by atoms with Crippen molar-refractivity contribution in [1.82, 2.24) is 9.55 Å². The van der Waals surface area contributed by atoms with Crippen LogP contribution in [0, 0.1) is 5.41 Å². The van der Waals surface area contributed by atoms with Crippen molar-refractivity contribution < 1.29 is 4.74 Å². The third-order valence-electron chi connectivity index (χ3n) is 5.12. The molecule has 30 heavy (non-hydrogen) atoms. The van der Waals surface area contributed by atoms with E-state index >= 15 is 0 Å². The highest BCUT2D eigenvalue weighted by Crippen LogP contribution is 2.38. The Morgan fingerprint density at radius 3 is 2.37 bits per heavy atom. The molecular weight excluding hydrogens is 415 g/mol. The van der Waals surface area contributed by atoms with Crippen molar-refractivity contribution in [2.45, 2.75) is 59.6 Å². The maximum absolute atomic E-state index is 6.32. The number of hydrogen-bond acceptors (Lipinski definition) is 2. The Kier molecular flexibility index (Phi) is 6.84. The lowest BCUT2D eigenvalue weighted by molar-refractivity contribution is 0.282. The van der Waals surface area contributed by atoms with E-state index in [-0.39, 0.29) is 10.8 Å². The monoisotopic (exact) mass is 444 g/mol. The van der Waals surface area contributed by atoms with Crippen LogP contribution in [-0.2, 0) is 18.6 Å². The second kappa shape index (κ2) is 9.03. The van der Waals surface area contributed by atoms with Crippen molar-refractivity contribution in [3.8, 4) is 5.75 Å². The molecule has 0 aliphatic heterocycles. The smallest absolute Gasteiger partial charge is 0.124 e. The number of nitrogens with zero attached hydrogens (tertiary/aromatic N) is 2. The van der Waals surface area contributed by atoms with Crippen LogP contribution in [0.4, 0.5) is 0 Å². The van der Waals surface area contributed by atoms with Gasteiger partial charge in [-0.2, -0.15) is 0 Å². The molecule has 160 valence electrons. The Morgan fingerprint density at radius 2 is 1.73 bits per heavy atom. The molecule has 0 radical (unpaired) electrons. The van der Waals surface area contributed by atoms with Crippen LogP contribution in [0.3, 0.4) is 0 Å². The zero-order valence-electron chi connectivity index (χ0n) is 18.4. The number of benzene rings is 2. The van der Waals surface area contributed by atoms with Crippen molar-refractivity contribution >= 4 is 23.2 Å². The first-order valence-corrected chi connectivity index (χ1v) is 10.9. The van der Waals surface area contributed by atoms with Crippen molar-refractivity contribution in [3.05, 3.63) is 81.9 Å². The molecule has 0 unspecified atom stereocenters. The van der Waals surface area contributed by atoms with Crippen molar-refractivity contribution in [1.29, 1.82) is 0 Å². The molecule has 3 aromatic rings. The highest BCUT2D eigenvalue weighted by molar-refractivity contribution is 6.35. The standard InChI is InChI=1S/C25H30Cl2N2O/c1-24(2,3)16-25(4,5)20-7-9-23(19(12-20)14-29-11-10-28-17-29)30-15-18-6-8-21(26)13-22(18)27/h6-13,17H,14-16H2,1-5H3. The minimum Gasteiger partial charge on any atom is -0.488 e. The van der Waals surface area contributed by atoms with Gasteiger partial charge < -0.3 is 9.30 Å². The summed E-state index contributed by atoms with van der Waals surface area (Å²) in [5.74, 6) is 0.852. The van der Waals surface area contributed by atoms with Crippen molar-refractivity contribution in [2.24, 2.45) is 5.41 Å². The number of hydrogen-bond donors (Lipinski definition) is 0. The fourth-order valence-electron chi connectivity index (χ4n) is 4.06. The number of halogens is 2. The van der Waals surface area contributed by atoms with Crippen LogP contribution in [0.2, 0.25) is 10.0 Å². The van der Waals surface area contributed by atoms with Crippen LogP contribution in [0.15, 0.2) is 55.1 Å². The summed E-state index contributed by atoms with van der Waals surface area (Å²) < 4.78 is 8.25. The van der Waals surface area contributed by atoms with Gasteiger partial charge in [-0.3, -0.25) is 0 Å². The van der Waals surface area contributed by atoms with E-state index in [0.29, 0.717) is 23.2 Å². The molecule has 0 saturated heterocycles. The lowest BCUT2D eigenvalue weighted by Crippen LogP contribution is -2.25. The SMILES string of the molecule is CC(C)(C)CC(C)(C)c1ccc(OCc2ccc(Cl)cc2Cl)c(Cn2ccnc2)c1. The lowest BCUT2D eigenvalue weighted by atomic mass is 9.72. The molecule has 1 heterocycles. The molecule has 0 bridgehead atoms. The molecule has 0 aliphatic rings. The van der Waals surface area contributed by atoms with Gasteiger partial charge in [0.15, 0.2) is 0 Å². The second-order valence-corrected chi connectivity index (χ2v) is 10.5. The molecule has 2 aromatic carbocycles. The van der Waals surface area contributed by atoms with Crippen LogP contribution in [-0.4, -0.2) is 9.55 Å². The Bertz CT molecular complexity index is 989. The summed E-state index contributed by atoms with van der Waals surface area (Å²) >= 11 is 12.3. The first-order chi connectivity index (χ1) is 14.0. The van der Waals surface area contributed by atoms with E-state index in [1.807, 2.05) is 24.7 Å². The minimum atomic E-state index is 0.0555. The van der Waals surface area contributed by atoms with Crippen LogP contribution in [0.1, 0.15) is 57.7 Å². The van der Waals surface area contributed by atoms with E-state index in [1.165, 1.54) is 5.56 Å². The molecular formula is C25H30Cl2N2O. The number of ether oxygens (including phenoxy) is 1. The summed E-state index contributed by atoms with van der Waals surface area (Å²) in [6.07, 6.45) is 6.67. The molecule has 0 saturated carbocycles. The van der Waals surface area contributed by atoms with Gasteiger partial charge in [0.1, 0.15) is 12.4 Å². The maximum Gasteiger partial charge on any atom is 0.124 e. The molecule has 0 fully saturated rings. The highest BCUT2D eigenvalue weighted by Gasteiger charge is 2.28. The van der Waals surface area contributed by atoms with E-state index in [0.717, 1.165) is 23.3 Å². The molecule has 0 aliphatic carbocycles. The van der Waals surface area contributed by atoms with Crippen LogP contribution < -0.4 is 4.74 Å². The van der Waals surface area contributed by atoms with Gasteiger partial charge in [-0.15, -0.1) is 0 Å². The summed E-state index contributed by atoms with van der Waals surface area (Å²) in [6.45, 7) is 12.6. The van der Waals surface area contributed by atoms with Gasteiger partial charge in [0.05, 0.1) is 12.9 Å². The summed E-state index contributed by atoms with van der Waals surface area (Å²) in [4.78, 5) is 4.17. The fourth-order valence-corrected chi connectivity index (χ4v) is 4.53. The highest BCUT2D eigenvalue weighted by atomic mass is 35.5. The van der Waals surface area contributed by atoms with E-state index < -0.39 is 0 Å². The molecule has 5 heteroatoms. The van der Waals surface area contributed by atoms with Crippen molar-refractivity contribution in [3.63, 3.8) is 0 Å². The van der Waals surface area contributed by atoms with Crippen LogP contribution in [0.25, 0.3) is 0 Å². The van der Waals surface area contributed by atoms with Gasteiger partial charge in [0.25, 0.3) is 0 Å². The Balaban J connectivity index is 1.89. The molecule has 1 aromatic heterocycles. The predicted octanol–water partition coefficient (Wildman–Crippen LogP) is 7.53. The number of aromatic nitrogens is 2. The molecule has 3 nitrogen and oxygen atoms in total. The topological polar surface area (TPSA) is 27.1 Å². The predicted molar refractivity (Wildman–Crippen MR) is 126 cm³/mol. The number of rotatable bonds is 7. The first-order valence-electron chi connectivity index (χ1n) is 10.2. The van der Waals surface area contributed by atoms with Crippen LogP contribution in [0.5, 0.6) is 5.75 Å². The van der Waals surface area contributed by atoms with Gasteiger partial charge in [0, 0.05) is 33.6 Å². The average Bonchev–Trinajstić information content (AvgIpc) is 3.13. The Morgan fingerprint density at radius 1 is 0.967 bits per heavy atom. The zero-order chi connectivity index (χ0) is 21.9.